The lowest BCUT2D eigenvalue weighted by Crippen LogP contribution is -2.03. The van der Waals surface area contributed by atoms with Crippen LogP contribution in [-0.4, -0.2) is 0 Å². The van der Waals surface area contributed by atoms with Crippen LogP contribution in [0.5, 0.6) is 0 Å². The van der Waals surface area contributed by atoms with Crippen LogP contribution < -0.4 is 11.1 Å². The van der Waals surface area contributed by atoms with Gasteiger partial charge in [0.25, 0.3) is 0 Å². The van der Waals surface area contributed by atoms with Crippen molar-refractivity contribution in [3.05, 3.63) is 67.4 Å². The second-order valence-corrected chi connectivity index (χ2v) is 3.40. The van der Waals surface area contributed by atoms with Crippen molar-refractivity contribution in [3.8, 4) is 0 Å². The zero-order valence-corrected chi connectivity index (χ0v) is 9.29. The van der Waals surface area contributed by atoms with Gasteiger partial charge >= 0.3 is 0 Å². The monoisotopic (exact) mass is 212 g/mol. The van der Waals surface area contributed by atoms with E-state index in [9.17, 15) is 0 Å². The smallest absolute Gasteiger partial charge is 0.0380 e. The number of nitrogens with two attached hydrogens (primary N) is 1. The summed E-state index contributed by atoms with van der Waals surface area (Å²) in [6, 6.07) is 5.83. The molecule has 0 aliphatic carbocycles. The van der Waals surface area contributed by atoms with E-state index in [0.29, 0.717) is 5.70 Å². The predicted molar refractivity (Wildman–Crippen MR) is 72.1 cm³/mol. The SMILES string of the molecule is C=CNC(=C)c1cc(C=C)cc(C(=C)N)c1. The maximum atomic E-state index is 5.68. The fraction of sp³-hybridized carbons (Fsp3) is 0. The Morgan fingerprint density at radius 1 is 1.12 bits per heavy atom. The summed E-state index contributed by atoms with van der Waals surface area (Å²) >= 11 is 0. The second-order valence-electron chi connectivity index (χ2n) is 3.40. The van der Waals surface area contributed by atoms with Gasteiger partial charge in [-0.3, -0.25) is 0 Å². The molecule has 0 saturated heterocycles. The average molecular weight is 212 g/mol. The standard InChI is InChI=1S/C14H16N2/c1-5-12-7-13(10(3)15)9-14(8-12)11(4)16-6-2/h5-9,16H,1-4,15H2. The summed E-state index contributed by atoms with van der Waals surface area (Å²) in [6.07, 6.45) is 3.34. The summed E-state index contributed by atoms with van der Waals surface area (Å²) in [5.41, 5.74) is 9.77. The maximum Gasteiger partial charge on any atom is 0.0380 e. The summed E-state index contributed by atoms with van der Waals surface area (Å²) in [5, 5.41) is 2.94. The van der Waals surface area contributed by atoms with Crippen molar-refractivity contribution in [1.29, 1.82) is 0 Å². The normalized spacial score (nSPS) is 9.25. The van der Waals surface area contributed by atoms with Crippen LogP contribution in [-0.2, 0) is 0 Å². The van der Waals surface area contributed by atoms with Gasteiger partial charge in [0.05, 0.1) is 0 Å². The predicted octanol–water partition coefficient (Wildman–Crippen LogP) is 2.96. The maximum absolute atomic E-state index is 5.68. The molecule has 2 nitrogen and oxygen atoms in total. The quantitative estimate of drug-likeness (QED) is 0.787. The van der Waals surface area contributed by atoms with E-state index in [1.54, 1.807) is 12.3 Å². The van der Waals surface area contributed by atoms with Crippen molar-refractivity contribution in [3.63, 3.8) is 0 Å². The van der Waals surface area contributed by atoms with Gasteiger partial charge in [-0.2, -0.15) is 0 Å². The van der Waals surface area contributed by atoms with Gasteiger partial charge in [0.1, 0.15) is 0 Å². The van der Waals surface area contributed by atoms with Crippen molar-refractivity contribution in [2.45, 2.75) is 0 Å². The van der Waals surface area contributed by atoms with Crippen LogP contribution in [0.25, 0.3) is 17.5 Å². The Balaban J connectivity index is 3.23. The molecule has 2 heteroatoms. The Morgan fingerprint density at radius 3 is 2.25 bits per heavy atom. The van der Waals surface area contributed by atoms with Gasteiger partial charge in [0, 0.05) is 11.4 Å². The molecule has 0 radical (unpaired) electrons. The third-order valence-corrected chi connectivity index (χ3v) is 2.19. The van der Waals surface area contributed by atoms with Gasteiger partial charge in [-0.05, 0) is 41.1 Å². The third-order valence-electron chi connectivity index (χ3n) is 2.19. The van der Waals surface area contributed by atoms with Crippen LogP contribution in [0.1, 0.15) is 16.7 Å². The zero-order chi connectivity index (χ0) is 12.1. The molecule has 0 saturated carbocycles. The highest BCUT2D eigenvalue weighted by Crippen LogP contribution is 2.19. The van der Waals surface area contributed by atoms with Gasteiger partial charge in [0.2, 0.25) is 0 Å². The van der Waals surface area contributed by atoms with Crippen LogP contribution in [0.2, 0.25) is 0 Å². The Labute approximate surface area is 96.5 Å². The van der Waals surface area contributed by atoms with Crippen LogP contribution >= 0.6 is 0 Å². The topological polar surface area (TPSA) is 38.0 Å². The molecule has 82 valence electrons. The summed E-state index contributed by atoms with van der Waals surface area (Å²) in [6.45, 7) is 15.0. The van der Waals surface area contributed by atoms with Gasteiger partial charge in [-0.1, -0.05) is 32.4 Å². The number of hydrogen-bond acceptors (Lipinski definition) is 2. The molecule has 0 bridgehead atoms. The van der Waals surface area contributed by atoms with Gasteiger partial charge in [-0.25, -0.2) is 0 Å². The lowest BCUT2D eigenvalue weighted by molar-refractivity contribution is 1.23. The van der Waals surface area contributed by atoms with Crippen LogP contribution in [0.4, 0.5) is 0 Å². The first-order valence-corrected chi connectivity index (χ1v) is 4.87. The zero-order valence-electron chi connectivity index (χ0n) is 9.29. The first kappa shape index (κ1) is 11.9. The van der Waals surface area contributed by atoms with E-state index in [2.05, 4.69) is 31.6 Å². The molecule has 0 spiro atoms. The van der Waals surface area contributed by atoms with E-state index in [1.165, 1.54) is 0 Å². The molecule has 1 aromatic carbocycles. The highest BCUT2D eigenvalue weighted by atomic mass is 14.8. The Kier molecular flexibility index (Phi) is 3.72. The molecule has 16 heavy (non-hydrogen) atoms. The molecule has 0 fully saturated rings. The molecule has 1 rings (SSSR count). The minimum Gasteiger partial charge on any atom is -0.399 e. The molecule has 0 aromatic heterocycles. The number of nitrogens with one attached hydrogen (secondary N) is 1. The van der Waals surface area contributed by atoms with E-state index >= 15 is 0 Å². The molecule has 0 atom stereocenters. The highest BCUT2D eigenvalue weighted by molar-refractivity contribution is 5.72. The Bertz CT molecular complexity index is 456. The van der Waals surface area contributed by atoms with Crippen molar-refractivity contribution in [2.24, 2.45) is 5.73 Å². The van der Waals surface area contributed by atoms with Crippen molar-refractivity contribution >= 4 is 17.5 Å². The Hall–Kier alpha value is -2.22. The molecule has 1 aromatic rings. The molecular formula is C14H16N2. The van der Waals surface area contributed by atoms with Crippen LogP contribution in [0.3, 0.4) is 0 Å². The van der Waals surface area contributed by atoms with E-state index in [4.69, 9.17) is 5.73 Å². The molecule has 0 heterocycles. The van der Waals surface area contributed by atoms with E-state index in [-0.39, 0.29) is 0 Å². The molecule has 3 N–H and O–H groups in total. The first-order chi connectivity index (χ1) is 7.58. The highest BCUT2D eigenvalue weighted by Gasteiger charge is 2.02. The lowest BCUT2D eigenvalue weighted by atomic mass is 10.0. The van der Waals surface area contributed by atoms with Crippen molar-refractivity contribution in [1.82, 2.24) is 5.32 Å². The fourth-order valence-corrected chi connectivity index (χ4v) is 1.34. The Morgan fingerprint density at radius 2 is 1.75 bits per heavy atom. The summed E-state index contributed by atoms with van der Waals surface area (Å²) in [5.74, 6) is 0. The van der Waals surface area contributed by atoms with Crippen LogP contribution in [0.15, 0.2) is 50.7 Å². The molecular weight excluding hydrogens is 196 g/mol. The minimum absolute atomic E-state index is 0.524. The number of benzene rings is 1. The van der Waals surface area contributed by atoms with E-state index < -0.39 is 0 Å². The summed E-state index contributed by atoms with van der Waals surface area (Å²) in [4.78, 5) is 0. The van der Waals surface area contributed by atoms with Gasteiger partial charge < -0.3 is 11.1 Å². The van der Waals surface area contributed by atoms with E-state index in [1.807, 2.05) is 18.2 Å². The largest absolute Gasteiger partial charge is 0.399 e. The van der Waals surface area contributed by atoms with Crippen molar-refractivity contribution < 1.29 is 0 Å². The molecule has 0 aliphatic heterocycles. The van der Waals surface area contributed by atoms with Crippen LogP contribution in [0, 0.1) is 0 Å². The number of rotatable bonds is 5. The number of hydrogen-bond donors (Lipinski definition) is 2. The van der Waals surface area contributed by atoms with E-state index in [0.717, 1.165) is 22.4 Å². The fourth-order valence-electron chi connectivity index (χ4n) is 1.34. The summed E-state index contributed by atoms with van der Waals surface area (Å²) in [7, 11) is 0. The summed E-state index contributed by atoms with van der Waals surface area (Å²) < 4.78 is 0. The molecule has 0 unspecified atom stereocenters. The third kappa shape index (κ3) is 2.64. The lowest BCUT2D eigenvalue weighted by Gasteiger charge is -2.09. The average Bonchev–Trinajstić information content (AvgIpc) is 2.28. The second kappa shape index (κ2) is 5.03. The molecule has 0 amide bonds. The van der Waals surface area contributed by atoms with Gasteiger partial charge in [0.15, 0.2) is 0 Å². The molecule has 0 aliphatic rings. The van der Waals surface area contributed by atoms with Crippen molar-refractivity contribution in [2.75, 3.05) is 0 Å². The minimum atomic E-state index is 0.524. The first-order valence-electron chi connectivity index (χ1n) is 4.87. The van der Waals surface area contributed by atoms with Gasteiger partial charge in [-0.15, -0.1) is 0 Å².